The second-order valence-electron chi connectivity index (χ2n) is 17.7. The fourth-order valence-corrected chi connectivity index (χ4v) is 12.4. The molecule has 5 aliphatic carbocycles. The summed E-state index contributed by atoms with van der Waals surface area (Å²) in [5.74, 6) is -0.787. The van der Waals surface area contributed by atoms with E-state index in [-0.39, 0.29) is 34.0 Å². The van der Waals surface area contributed by atoms with Crippen LogP contribution in [0.2, 0.25) is 0 Å². The van der Waals surface area contributed by atoms with Crippen molar-refractivity contribution in [1.82, 2.24) is 0 Å². The third-order valence-electron chi connectivity index (χ3n) is 15.5. The minimum absolute atomic E-state index is 0.0940. The number of hydrogen-bond acceptors (Lipinski definition) is 10. The molecule has 1 heterocycles. The average Bonchev–Trinajstić information content (AvgIpc) is 2.98. The largest absolute Gasteiger partial charge is 0.432 e. The number of carbonyl (C=O) groups excluding carboxylic acids is 1. The summed E-state index contributed by atoms with van der Waals surface area (Å²) < 4.78 is 11.5. The van der Waals surface area contributed by atoms with Crippen LogP contribution < -0.4 is 0 Å². The lowest BCUT2D eigenvalue weighted by Crippen LogP contribution is -2.69. The van der Waals surface area contributed by atoms with Crippen LogP contribution in [-0.4, -0.2) is 96.8 Å². The molecule has 0 spiro atoms. The van der Waals surface area contributed by atoms with E-state index in [1.807, 2.05) is 13.8 Å². The molecule has 0 aromatic rings. The molecule has 0 radical (unpaired) electrons. The predicted molar refractivity (Wildman–Crippen MR) is 168 cm³/mol. The molecule has 0 unspecified atom stereocenters. The highest BCUT2D eigenvalue weighted by atomic mass is 16.7. The Kier molecular flexibility index (Phi) is 8.27. The van der Waals surface area contributed by atoms with Gasteiger partial charge in [0.05, 0.1) is 29.8 Å². The topological polar surface area (TPSA) is 177 Å². The van der Waals surface area contributed by atoms with E-state index in [9.17, 15) is 40.5 Å². The van der Waals surface area contributed by atoms with Gasteiger partial charge in [0.1, 0.15) is 24.4 Å². The lowest BCUT2D eigenvalue weighted by molar-refractivity contribution is -0.299. The Morgan fingerprint density at radius 3 is 2.24 bits per heavy atom. The van der Waals surface area contributed by atoms with Gasteiger partial charge in [-0.1, -0.05) is 53.2 Å². The highest BCUT2D eigenvalue weighted by Gasteiger charge is 2.72. The summed E-state index contributed by atoms with van der Waals surface area (Å²) in [5.41, 5.74) is -2.44. The monoisotopic (exact) mass is 650 g/mol. The maximum Gasteiger partial charge on any atom is 0.315 e. The number of allylic oxidation sites excluding steroid dienone is 1. The number of esters is 1. The van der Waals surface area contributed by atoms with Crippen LogP contribution in [0.4, 0.5) is 0 Å². The molecule has 4 saturated carbocycles. The Bertz CT molecular complexity index is 1250. The van der Waals surface area contributed by atoms with Crippen LogP contribution in [0, 0.1) is 50.7 Å². The molecule has 5 fully saturated rings. The molecule has 10 heteroatoms. The fraction of sp³-hybridized carbons (Fsp3) is 0.917. The van der Waals surface area contributed by atoms with Gasteiger partial charge in [-0.05, 0) is 97.7 Å². The van der Waals surface area contributed by atoms with Gasteiger partial charge in [-0.2, -0.15) is 0 Å². The number of ether oxygens (including phenoxy) is 2. The average molecular weight is 651 g/mol. The lowest BCUT2D eigenvalue weighted by Gasteiger charge is -2.72. The Morgan fingerprint density at radius 1 is 0.913 bits per heavy atom. The maximum atomic E-state index is 14.5. The van der Waals surface area contributed by atoms with Gasteiger partial charge in [-0.25, -0.2) is 0 Å². The van der Waals surface area contributed by atoms with Crippen LogP contribution in [0.3, 0.4) is 0 Å². The standard InChI is InChI=1S/C36H58O10/c1-18-10-13-36(30(43)46-29-26(41)25(40)24(39)21(17-37)45-29)15-14-33(5)19(27(36)35(18,7)44)8-9-23-32(4)16-20(38)28(42)31(2,3)22(32)11-12-34(23,33)6/h8,18,20-29,37-42,44H,9-17H2,1-7H3/t18-,20-,21-,22-,23+,24-,25+,26-,27-,28+,29+,32+,33+,34-,35-,36+/m1/s1. The zero-order chi connectivity index (χ0) is 34.0. The number of hydrogen-bond donors (Lipinski definition) is 7. The molecule has 16 atom stereocenters. The summed E-state index contributed by atoms with van der Waals surface area (Å²) in [4.78, 5) is 14.5. The number of carbonyl (C=O) groups is 1. The first-order chi connectivity index (χ1) is 21.2. The van der Waals surface area contributed by atoms with E-state index in [1.54, 1.807) is 0 Å². The van der Waals surface area contributed by atoms with Crippen molar-refractivity contribution in [1.29, 1.82) is 0 Å². The molecule has 0 amide bonds. The van der Waals surface area contributed by atoms with Gasteiger partial charge in [-0.15, -0.1) is 0 Å². The van der Waals surface area contributed by atoms with Crippen molar-refractivity contribution >= 4 is 5.97 Å². The van der Waals surface area contributed by atoms with Crippen LogP contribution in [0.5, 0.6) is 0 Å². The van der Waals surface area contributed by atoms with Crippen LogP contribution in [-0.2, 0) is 14.3 Å². The number of aliphatic hydroxyl groups excluding tert-OH is 6. The van der Waals surface area contributed by atoms with Crippen LogP contribution in [0.25, 0.3) is 0 Å². The smallest absolute Gasteiger partial charge is 0.315 e. The summed E-state index contributed by atoms with van der Waals surface area (Å²) >= 11 is 0. The molecule has 1 saturated heterocycles. The fourth-order valence-electron chi connectivity index (χ4n) is 12.4. The molecule has 1 aliphatic heterocycles. The van der Waals surface area contributed by atoms with Gasteiger partial charge >= 0.3 is 5.97 Å². The van der Waals surface area contributed by atoms with Crippen LogP contribution in [0.15, 0.2) is 11.6 Å². The first kappa shape index (κ1) is 34.7. The first-order valence-electron chi connectivity index (χ1n) is 17.5. The minimum atomic E-state index is -1.70. The summed E-state index contributed by atoms with van der Waals surface area (Å²) in [7, 11) is 0. The quantitative estimate of drug-likeness (QED) is 0.177. The second-order valence-corrected chi connectivity index (χ2v) is 17.7. The van der Waals surface area contributed by atoms with Crippen molar-refractivity contribution in [2.24, 2.45) is 50.7 Å². The van der Waals surface area contributed by atoms with Gasteiger partial charge in [0.15, 0.2) is 0 Å². The van der Waals surface area contributed by atoms with E-state index >= 15 is 0 Å². The zero-order valence-corrected chi connectivity index (χ0v) is 28.6. The van der Waals surface area contributed by atoms with Crippen molar-refractivity contribution in [3.8, 4) is 0 Å². The molecule has 262 valence electrons. The van der Waals surface area contributed by atoms with E-state index < -0.39 is 77.8 Å². The van der Waals surface area contributed by atoms with Crippen molar-refractivity contribution < 1.29 is 50.0 Å². The Labute approximate surface area is 273 Å². The zero-order valence-electron chi connectivity index (χ0n) is 28.6. The molecule has 7 N–H and O–H groups in total. The molecule has 46 heavy (non-hydrogen) atoms. The number of aliphatic hydroxyl groups is 7. The molecule has 6 rings (SSSR count). The highest BCUT2D eigenvalue weighted by Crippen LogP contribution is 2.76. The van der Waals surface area contributed by atoms with Crippen molar-refractivity contribution in [2.45, 2.75) is 148 Å². The Morgan fingerprint density at radius 2 is 1.59 bits per heavy atom. The van der Waals surface area contributed by atoms with E-state index in [2.05, 4.69) is 40.7 Å². The summed E-state index contributed by atoms with van der Waals surface area (Å²) in [6.07, 6.45) is -1.65. The summed E-state index contributed by atoms with van der Waals surface area (Å²) in [5, 5.41) is 75.6. The molecule has 6 aliphatic rings. The molecule has 0 aromatic carbocycles. The molecular weight excluding hydrogens is 592 g/mol. The van der Waals surface area contributed by atoms with Crippen LogP contribution >= 0.6 is 0 Å². The van der Waals surface area contributed by atoms with E-state index in [1.165, 1.54) is 0 Å². The molecular formula is C36H58O10. The van der Waals surface area contributed by atoms with Crippen molar-refractivity contribution in [2.75, 3.05) is 6.61 Å². The first-order valence-corrected chi connectivity index (χ1v) is 17.5. The summed E-state index contributed by atoms with van der Waals surface area (Å²) in [6.45, 7) is 14.4. The SMILES string of the molecule is C[C@@H]1CC[C@]2(C(=O)O[C@@H]3O[C@H](CO)[C@@H](O)[C@H](O)[C@H]3O)CC[C@@]3(C)C(=CC[C@H]4[C@@]5(C)C[C@@H](O)[C@H](O)C(C)(C)[C@H]5CC[C@]43C)[C@@H]2[C@]1(C)O. The molecule has 0 aromatic heterocycles. The van der Waals surface area contributed by atoms with E-state index in [0.29, 0.717) is 32.1 Å². The lowest BCUT2D eigenvalue weighted by atomic mass is 9.33. The van der Waals surface area contributed by atoms with Crippen molar-refractivity contribution in [3.05, 3.63) is 11.6 Å². The third kappa shape index (κ3) is 4.39. The van der Waals surface area contributed by atoms with Crippen LogP contribution in [0.1, 0.15) is 99.8 Å². The highest BCUT2D eigenvalue weighted by molar-refractivity contribution is 5.79. The predicted octanol–water partition coefficient (Wildman–Crippen LogP) is 2.43. The molecule has 0 bridgehead atoms. The second kappa shape index (κ2) is 10.9. The van der Waals surface area contributed by atoms with Gasteiger partial charge in [0.2, 0.25) is 6.29 Å². The van der Waals surface area contributed by atoms with Gasteiger partial charge in [0, 0.05) is 5.92 Å². The van der Waals surface area contributed by atoms with E-state index in [4.69, 9.17) is 9.47 Å². The van der Waals surface area contributed by atoms with Gasteiger partial charge in [0.25, 0.3) is 0 Å². The van der Waals surface area contributed by atoms with Gasteiger partial charge in [-0.3, -0.25) is 4.79 Å². The maximum absolute atomic E-state index is 14.5. The number of fused-ring (bicyclic) bond motifs is 7. The normalized spacial score (nSPS) is 56.4. The Hall–Kier alpha value is -1.11. The van der Waals surface area contributed by atoms with Crippen molar-refractivity contribution in [3.63, 3.8) is 0 Å². The minimum Gasteiger partial charge on any atom is -0.432 e. The number of rotatable bonds is 3. The van der Waals surface area contributed by atoms with Gasteiger partial charge < -0.3 is 45.2 Å². The third-order valence-corrected chi connectivity index (χ3v) is 15.5. The Balaban J connectivity index is 1.39. The van der Waals surface area contributed by atoms with E-state index in [0.717, 1.165) is 24.8 Å². The molecule has 10 nitrogen and oxygen atoms in total. The summed E-state index contributed by atoms with van der Waals surface area (Å²) in [6, 6.07) is 0.